The Kier molecular flexibility index (Phi) is 4.99. The highest BCUT2D eigenvalue weighted by Gasteiger charge is 2.32. The minimum atomic E-state index is 0.0537. The highest BCUT2D eigenvalue weighted by atomic mass is 32.1. The zero-order valence-electron chi connectivity index (χ0n) is 11.8. The van der Waals surface area contributed by atoms with Crippen LogP contribution in [0.5, 0.6) is 0 Å². The second-order valence-electron chi connectivity index (χ2n) is 5.64. The summed E-state index contributed by atoms with van der Waals surface area (Å²) in [6, 6.07) is 4.38. The molecule has 2 rings (SSSR count). The third-order valence-corrected chi connectivity index (χ3v) is 5.05. The monoisotopic (exact) mass is 280 g/mol. The molecule has 1 aromatic heterocycles. The molecule has 2 N–H and O–H groups in total. The average molecular weight is 280 g/mol. The van der Waals surface area contributed by atoms with Crippen molar-refractivity contribution in [3.8, 4) is 0 Å². The Morgan fingerprint density at radius 1 is 1.63 bits per heavy atom. The molecule has 3 atom stereocenters. The Balaban J connectivity index is 2.00. The van der Waals surface area contributed by atoms with Crippen LogP contribution in [0.25, 0.3) is 0 Å². The van der Waals surface area contributed by atoms with Gasteiger partial charge in [0.1, 0.15) is 0 Å². The third-order valence-electron chi connectivity index (χ3n) is 4.15. The minimum absolute atomic E-state index is 0.0537. The molecule has 3 nitrogen and oxygen atoms in total. The van der Waals surface area contributed by atoms with Gasteiger partial charge in [0.2, 0.25) is 5.91 Å². The average Bonchev–Trinajstić information content (AvgIpc) is 2.90. The van der Waals surface area contributed by atoms with E-state index in [4.69, 9.17) is 5.73 Å². The summed E-state index contributed by atoms with van der Waals surface area (Å²) >= 11 is 1.73. The lowest BCUT2D eigenvalue weighted by atomic mass is 9.89. The first kappa shape index (κ1) is 14.5. The molecule has 1 aliphatic heterocycles. The standard InChI is InChI=1S/C15H24N2OS/c1-11-5-3-7-17(14(11)10-16)15(18)12(2)9-13-6-4-8-19-13/h4,6,8,11-12,14H,3,5,7,9-10,16H2,1-2H3/t11-,12-,14+/m1/s1. The molecule has 1 saturated heterocycles. The van der Waals surface area contributed by atoms with Crippen molar-refractivity contribution in [3.63, 3.8) is 0 Å². The Hall–Kier alpha value is -0.870. The van der Waals surface area contributed by atoms with Gasteiger partial charge in [0.05, 0.1) is 0 Å². The summed E-state index contributed by atoms with van der Waals surface area (Å²) in [7, 11) is 0. The zero-order chi connectivity index (χ0) is 13.8. The molecule has 4 heteroatoms. The van der Waals surface area contributed by atoms with Gasteiger partial charge in [-0.2, -0.15) is 0 Å². The van der Waals surface area contributed by atoms with Gasteiger partial charge in [0, 0.05) is 29.9 Å². The van der Waals surface area contributed by atoms with Crippen LogP contribution in [-0.2, 0) is 11.2 Å². The van der Waals surface area contributed by atoms with E-state index < -0.39 is 0 Å². The van der Waals surface area contributed by atoms with E-state index in [1.807, 2.05) is 17.9 Å². The summed E-state index contributed by atoms with van der Waals surface area (Å²) < 4.78 is 0. The maximum atomic E-state index is 12.6. The lowest BCUT2D eigenvalue weighted by molar-refractivity contribution is -0.139. The highest BCUT2D eigenvalue weighted by molar-refractivity contribution is 7.09. The second kappa shape index (κ2) is 6.53. The van der Waals surface area contributed by atoms with Crippen molar-refractivity contribution < 1.29 is 4.79 Å². The fourth-order valence-electron chi connectivity index (χ4n) is 2.98. The summed E-state index contributed by atoms with van der Waals surface area (Å²) in [6.07, 6.45) is 3.14. The molecule has 0 unspecified atom stereocenters. The first-order chi connectivity index (χ1) is 9.13. The van der Waals surface area contributed by atoms with E-state index >= 15 is 0 Å². The number of carbonyl (C=O) groups is 1. The molecule has 19 heavy (non-hydrogen) atoms. The summed E-state index contributed by atoms with van der Waals surface area (Å²) in [4.78, 5) is 15.9. The van der Waals surface area contributed by atoms with Gasteiger partial charge in [0.25, 0.3) is 0 Å². The molecule has 1 fully saturated rings. The minimum Gasteiger partial charge on any atom is -0.338 e. The van der Waals surface area contributed by atoms with Crippen molar-refractivity contribution in [2.75, 3.05) is 13.1 Å². The van der Waals surface area contributed by atoms with Crippen LogP contribution in [0.1, 0.15) is 31.6 Å². The number of carbonyl (C=O) groups excluding carboxylic acids is 1. The molecule has 2 heterocycles. The van der Waals surface area contributed by atoms with E-state index in [1.54, 1.807) is 11.3 Å². The van der Waals surface area contributed by atoms with E-state index in [-0.39, 0.29) is 17.9 Å². The largest absolute Gasteiger partial charge is 0.338 e. The molecule has 0 bridgehead atoms. The number of amides is 1. The summed E-state index contributed by atoms with van der Waals surface area (Å²) in [5.41, 5.74) is 5.87. The van der Waals surface area contributed by atoms with Crippen molar-refractivity contribution in [2.24, 2.45) is 17.6 Å². The van der Waals surface area contributed by atoms with Crippen molar-refractivity contribution in [3.05, 3.63) is 22.4 Å². The van der Waals surface area contributed by atoms with Crippen LogP contribution in [0.2, 0.25) is 0 Å². The molecule has 0 radical (unpaired) electrons. The van der Waals surface area contributed by atoms with Gasteiger partial charge in [-0.3, -0.25) is 4.79 Å². The summed E-state index contributed by atoms with van der Waals surface area (Å²) in [5.74, 6) is 0.852. The van der Waals surface area contributed by atoms with E-state index in [2.05, 4.69) is 18.4 Å². The van der Waals surface area contributed by atoms with E-state index in [0.29, 0.717) is 12.5 Å². The first-order valence-corrected chi connectivity index (χ1v) is 8.04. The number of nitrogens with two attached hydrogens (primary N) is 1. The van der Waals surface area contributed by atoms with Crippen LogP contribution < -0.4 is 5.73 Å². The number of hydrogen-bond donors (Lipinski definition) is 1. The molecule has 0 aliphatic carbocycles. The molecule has 0 spiro atoms. The molecular formula is C15H24N2OS. The maximum absolute atomic E-state index is 12.6. The van der Waals surface area contributed by atoms with Gasteiger partial charge in [-0.15, -0.1) is 11.3 Å². The Morgan fingerprint density at radius 3 is 3.05 bits per heavy atom. The van der Waals surface area contributed by atoms with Crippen LogP contribution in [0.15, 0.2) is 17.5 Å². The number of piperidine rings is 1. The van der Waals surface area contributed by atoms with Gasteiger partial charge in [-0.1, -0.05) is 19.9 Å². The molecule has 1 amide bonds. The van der Waals surface area contributed by atoms with Gasteiger partial charge >= 0.3 is 0 Å². The van der Waals surface area contributed by atoms with E-state index in [1.165, 1.54) is 11.3 Å². The number of likely N-dealkylation sites (tertiary alicyclic amines) is 1. The third kappa shape index (κ3) is 3.37. The van der Waals surface area contributed by atoms with Crippen LogP contribution in [0.4, 0.5) is 0 Å². The van der Waals surface area contributed by atoms with Crippen molar-refractivity contribution in [1.82, 2.24) is 4.90 Å². The quantitative estimate of drug-likeness (QED) is 0.921. The topological polar surface area (TPSA) is 46.3 Å². The van der Waals surface area contributed by atoms with Crippen LogP contribution >= 0.6 is 11.3 Å². The molecule has 0 aromatic carbocycles. The lowest BCUT2D eigenvalue weighted by Crippen LogP contribution is -2.53. The maximum Gasteiger partial charge on any atom is 0.226 e. The fourth-order valence-corrected chi connectivity index (χ4v) is 3.82. The Morgan fingerprint density at radius 2 is 2.42 bits per heavy atom. The van der Waals surface area contributed by atoms with Gasteiger partial charge in [-0.25, -0.2) is 0 Å². The first-order valence-electron chi connectivity index (χ1n) is 7.16. The molecular weight excluding hydrogens is 256 g/mol. The molecule has 1 aromatic rings. The molecule has 106 valence electrons. The summed E-state index contributed by atoms with van der Waals surface area (Å²) in [5, 5.41) is 2.07. The highest BCUT2D eigenvalue weighted by Crippen LogP contribution is 2.25. The van der Waals surface area contributed by atoms with E-state index in [9.17, 15) is 4.79 Å². The van der Waals surface area contributed by atoms with Crippen LogP contribution in [0, 0.1) is 11.8 Å². The SMILES string of the molecule is C[C@H](Cc1cccs1)C(=O)N1CCC[C@@H](C)[C@@H]1CN. The van der Waals surface area contributed by atoms with Crippen molar-refractivity contribution in [2.45, 2.75) is 39.2 Å². The predicted octanol–water partition coefficient (Wildman–Crippen LogP) is 2.51. The van der Waals surface area contributed by atoms with Gasteiger partial charge in [-0.05, 0) is 36.6 Å². The van der Waals surface area contributed by atoms with Crippen LogP contribution in [-0.4, -0.2) is 29.9 Å². The van der Waals surface area contributed by atoms with Gasteiger partial charge < -0.3 is 10.6 Å². The Labute approximate surface area is 119 Å². The number of nitrogens with zero attached hydrogens (tertiary/aromatic N) is 1. The predicted molar refractivity (Wildman–Crippen MR) is 80.1 cm³/mol. The van der Waals surface area contributed by atoms with Crippen LogP contribution in [0.3, 0.4) is 0 Å². The number of rotatable bonds is 4. The van der Waals surface area contributed by atoms with Crippen molar-refractivity contribution in [1.29, 1.82) is 0 Å². The number of hydrogen-bond acceptors (Lipinski definition) is 3. The zero-order valence-corrected chi connectivity index (χ0v) is 12.7. The van der Waals surface area contributed by atoms with Crippen molar-refractivity contribution >= 4 is 17.2 Å². The lowest BCUT2D eigenvalue weighted by Gasteiger charge is -2.40. The van der Waals surface area contributed by atoms with Gasteiger partial charge in [0.15, 0.2) is 0 Å². The normalized spacial score (nSPS) is 25.3. The number of thiophene rings is 1. The Bertz CT molecular complexity index is 404. The second-order valence-corrected chi connectivity index (χ2v) is 6.67. The smallest absolute Gasteiger partial charge is 0.226 e. The summed E-state index contributed by atoms with van der Waals surface area (Å²) in [6.45, 7) is 5.70. The fraction of sp³-hybridized carbons (Fsp3) is 0.667. The molecule has 1 aliphatic rings. The molecule has 0 saturated carbocycles. The van der Waals surface area contributed by atoms with E-state index in [0.717, 1.165) is 19.4 Å².